The first-order chi connectivity index (χ1) is 10.6. The predicted molar refractivity (Wildman–Crippen MR) is 87.5 cm³/mol. The average Bonchev–Trinajstić information content (AvgIpc) is 2.52. The van der Waals surface area contributed by atoms with E-state index in [1.807, 2.05) is 50.5 Å². The molecular formula is C18H21NO3. The maximum Gasteiger partial charge on any atom is 0.335 e. The largest absolute Gasteiger partial charge is 0.493 e. The van der Waals surface area contributed by atoms with Crippen LogP contribution in [0.5, 0.6) is 5.75 Å². The molecule has 0 heterocycles. The van der Waals surface area contributed by atoms with Crippen LogP contribution < -0.4 is 4.74 Å². The van der Waals surface area contributed by atoms with Gasteiger partial charge < -0.3 is 14.7 Å². The first-order valence-electron chi connectivity index (χ1n) is 7.28. The molecule has 0 aliphatic heterocycles. The topological polar surface area (TPSA) is 49.8 Å². The smallest absolute Gasteiger partial charge is 0.335 e. The normalized spacial score (nSPS) is 10.7. The Morgan fingerprint density at radius 2 is 1.77 bits per heavy atom. The Bertz CT molecular complexity index is 620. The van der Waals surface area contributed by atoms with Crippen molar-refractivity contribution < 1.29 is 14.6 Å². The van der Waals surface area contributed by atoms with Gasteiger partial charge in [-0.1, -0.05) is 30.3 Å². The molecule has 0 atom stereocenters. The number of benzene rings is 2. The highest BCUT2D eigenvalue weighted by atomic mass is 16.5. The first kappa shape index (κ1) is 16.0. The van der Waals surface area contributed by atoms with Crippen LogP contribution in [-0.2, 0) is 0 Å². The minimum atomic E-state index is -0.917. The fraction of sp³-hybridized carbons (Fsp3) is 0.278. The molecule has 0 fully saturated rings. The van der Waals surface area contributed by atoms with Gasteiger partial charge in [0, 0.05) is 12.1 Å². The minimum absolute atomic E-state index is 0.285. The zero-order valence-electron chi connectivity index (χ0n) is 13.0. The second-order valence-electron chi connectivity index (χ2n) is 5.38. The molecule has 1 N–H and O–H groups in total. The van der Waals surface area contributed by atoms with Gasteiger partial charge in [0.05, 0.1) is 12.2 Å². The number of hydrogen-bond donors (Lipinski definition) is 1. The number of ether oxygens (including phenoxy) is 1. The van der Waals surface area contributed by atoms with Gasteiger partial charge in [-0.2, -0.15) is 0 Å². The molecule has 0 saturated heterocycles. The second-order valence-corrected chi connectivity index (χ2v) is 5.38. The Kier molecular flexibility index (Phi) is 5.55. The summed E-state index contributed by atoms with van der Waals surface area (Å²) >= 11 is 0. The lowest BCUT2D eigenvalue weighted by Gasteiger charge is -2.13. The van der Waals surface area contributed by atoms with Gasteiger partial charge in [0.25, 0.3) is 0 Å². The Balaban J connectivity index is 2.12. The van der Waals surface area contributed by atoms with Gasteiger partial charge >= 0.3 is 5.97 Å². The summed E-state index contributed by atoms with van der Waals surface area (Å²) < 4.78 is 5.88. The van der Waals surface area contributed by atoms with Crippen molar-refractivity contribution in [3.8, 4) is 16.9 Å². The zero-order chi connectivity index (χ0) is 15.9. The quantitative estimate of drug-likeness (QED) is 0.796. The lowest BCUT2D eigenvalue weighted by molar-refractivity contribution is 0.0697. The lowest BCUT2D eigenvalue weighted by Crippen LogP contribution is -2.15. The molecule has 0 aliphatic carbocycles. The molecule has 0 aliphatic rings. The van der Waals surface area contributed by atoms with Crippen LogP contribution in [0.2, 0.25) is 0 Å². The third kappa shape index (κ3) is 4.33. The van der Waals surface area contributed by atoms with E-state index in [-0.39, 0.29) is 5.56 Å². The molecular weight excluding hydrogens is 278 g/mol. The highest BCUT2D eigenvalue weighted by Crippen LogP contribution is 2.30. The van der Waals surface area contributed by atoms with E-state index >= 15 is 0 Å². The third-order valence-electron chi connectivity index (χ3n) is 3.34. The van der Waals surface area contributed by atoms with Gasteiger partial charge in [0.2, 0.25) is 0 Å². The molecule has 2 aromatic carbocycles. The monoisotopic (exact) mass is 299 g/mol. The molecule has 0 radical (unpaired) electrons. The van der Waals surface area contributed by atoms with Crippen molar-refractivity contribution in [3.63, 3.8) is 0 Å². The molecule has 2 aromatic rings. The van der Waals surface area contributed by atoms with Crippen molar-refractivity contribution in [1.82, 2.24) is 4.90 Å². The van der Waals surface area contributed by atoms with E-state index in [4.69, 9.17) is 9.84 Å². The number of aromatic carboxylic acids is 1. The predicted octanol–water partition coefficient (Wildman–Crippen LogP) is 3.38. The average molecular weight is 299 g/mol. The van der Waals surface area contributed by atoms with Crippen LogP contribution in [0.4, 0.5) is 0 Å². The van der Waals surface area contributed by atoms with Crippen LogP contribution in [0.1, 0.15) is 16.8 Å². The van der Waals surface area contributed by atoms with Crippen molar-refractivity contribution >= 4 is 5.97 Å². The number of carbonyl (C=O) groups is 1. The van der Waals surface area contributed by atoms with Gasteiger partial charge in [0.1, 0.15) is 5.75 Å². The molecule has 0 unspecified atom stereocenters. The molecule has 0 spiro atoms. The zero-order valence-corrected chi connectivity index (χ0v) is 13.0. The molecule has 116 valence electrons. The number of carboxylic acid groups (broad SMARTS) is 1. The Morgan fingerprint density at radius 3 is 2.41 bits per heavy atom. The molecule has 0 bridgehead atoms. The van der Waals surface area contributed by atoms with Crippen LogP contribution in [0.3, 0.4) is 0 Å². The van der Waals surface area contributed by atoms with Gasteiger partial charge in [0.15, 0.2) is 0 Å². The van der Waals surface area contributed by atoms with Crippen molar-refractivity contribution in [2.75, 3.05) is 27.2 Å². The maximum atomic E-state index is 10.9. The summed E-state index contributed by atoms with van der Waals surface area (Å²) in [7, 11) is 4.08. The van der Waals surface area contributed by atoms with Gasteiger partial charge in [-0.3, -0.25) is 0 Å². The molecule has 4 heteroatoms. The standard InChI is InChI=1S/C18H21NO3/c1-19(2)12-5-13-22-17-7-4-3-6-16(17)14-8-10-15(11-9-14)18(20)21/h3-4,6-11H,5,12-13H2,1-2H3,(H,20,21). The molecule has 0 aromatic heterocycles. The van der Waals surface area contributed by atoms with E-state index in [1.54, 1.807) is 12.1 Å². The van der Waals surface area contributed by atoms with Gasteiger partial charge in [-0.05, 0) is 44.3 Å². The lowest BCUT2D eigenvalue weighted by atomic mass is 10.0. The Morgan fingerprint density at radius 1 is 1.09 bits per heavy atom. The van der Waals surface area contributed by atoms with Crippen molar-refractivity contribution in [3.05, 3.63) is 54.1 Å². The maximum absolute atomic E-state index is 10.9. The molecule has 0 amide bonds. The Labute approximate surface area is 131 Å². The van der Waals surface area contributed by atoms with Crippen molar-refractivity contribution in [1.29, 1.82) is 0 Å². The first-order valence-corrected chi connectivity index (χ1v) is 7.28. The summed E-state index contributed by atoms with van der Waals surface area (Å²) in [5.74, 6) is -0.0934. The second kappa shape index (κ2) is 7.61. The summed E-state index contributed by atoms with van der Waals surface area (Å²) in [6.07, 6.45) is 0.958. The third-order valence-corrected chi connectivity index (χ3v) is 3.34. The van der Waals surface area contributed by atoms with E-state index in [0.29, 0.717) is 6.61 Å². The summed E-state index contributed by atoms with van der Waals surface area (Å²) in [6.45, 7) is 1.64. The van der Waals surface area contributed by atoms with E-state index in [0.717, 1.165) is 29.8 Å². The number of hydrogen-bond acceptors (Lipinski definition) is 3. The number of nitrogens with zero attached hydrogens (tertiary/aromatic N) is 1. The summed E-state index contributed by atoms with van der Waals surface area (Å²) in [6, 6.07) is 14.7. The number of para-hydroxylation sites is 1. The fourth-order valence-electron chi connectivity index (χ4n) is 2.19. The van der Waals surface area contributed by atoms with Gasteiger partial charge in [-0.15, -0.1) is 0 Å². The van der Waals surface area contributed by atoms with Crippen molar-refractivity contribution in [2.24, 2.45) is 0 Å². The van der Waals surface area contributed by atoms with Crippen LogP contribution in [0.15, 0.2) is 48.5 Å². The SMILES string of the molecule is CN(C)CCCOc1ccccc1-c1ccc(C(=O)O)cc1. The van der Waals surface area contributed by atoms with E-state index in [2.05, 4.69) is 4.90 Å². The van der Waals surface area contributed by atoms with Crippen LogP contribution in [0, 0.1) is 0 Å². The van der Waals surface area contributed by atoms with E-state index in [1.165, 1.54) is 0 Å². The molecule has 22 heavy (non-hydrogen) atoms. The summed E-state index contributed by atoms with van der Waals surface area (Å²) in [5, 5.41) is 8.96. The highest BCUT2D eigenvalue weighted by Gasteiger charge is 2.07. The highest BCUT2D eigenvalue weighted by molar-refractivity contribution is 5.88. The van der Waals surface area contributed by atoms with Crippen LogP contribution in [-0.4, -0.2) is 43.2 Å². The minimum Gasteiger partial charge on any atom is -0.493 e. The number of rotatable bonds is 7. The fourth-order valence-corrected chi connectivity index (χ4v) is 2.19. The summed E-state index contributed by atoms with van der Waals surface area (Å²) in [5.41, 5.74) is 2.21. The molecule has 2 rings (SSSR count). The van der Waals surface area contributed by atoms with Crippen LogP contribution >= 0.6 is 0 Å². The number of carboxylic acids is 1. The summed E-state index contributed by atoms with van der Waals surface area (Å²) in [4.78, 5) is 13.0. The van der Waals surface area contributed by atoms with Crippen molar-refractivity contribution in [2.45, 2.75) is 6.42 Å². The van der Waals surface area contributed by atoms with Crippen LogP contribution in [0.25, 0.3) is 11.1 Å². The van der Waals surface area contributed by atoms with E-state index < -0.39 is 5.97 Å². The Hall–Kier alpha value is -2.33. The van der Waals surface area contributed by atoms with E-state index in [9.17, 15) is 4.79 Å². The molecule has 4 nitrogen and oxygen atoms in total. The molecule has 0 saturated carbocycles. The van der Waals surface area contributed by atoms with Gasteiger partial charge in [-0.25, -0.2) is 4.79 Å².